The molecule has 1 aliphatic heterocycles. The summed E-state index contributed by atoms with van der Waals surface area (Å²) in [6, 6.07) is 7.31. The molecular formula is C20H20ClF3N2O5S. The Labute approximate surface area is 187 Å². The molecule has 0 bridgehead atoms. The summed E-state index contributed by atoms with van der Waals surface area (Å²) in [6.07, 6.45) is -2.81. The van der Waals surface area contributed by atoms with Gasteiger partial charge in [0, 0.05) is 18.8 Å². The Bertz CT molecular complexity index is 1070. The highest BCUT2D eigenvalue weighted by Gasteiger charge is 2.30. The van der Waals surface area contributed by atoms with Crippen LogP contribution in [0.1, 0.15) is 18.4 Å². The zero-order valence-corrected chi connectivity index (χ0v) is 18.2. The minimum absolute atomic E-state index is 0.0173. The van der Waals surface area contributed by atoms with E-state index in [-0.39, 0.29) is 40.0 Å². The van der Waals surface area contributed by atoms with E-state index in [1.807, 2.05) is 0 Å². The second kappa shape index (κ2) is 9.97. The molecular weight excluding hydrogens is 473 g/mol. The zero-order chi connectivity index (χ0) is 23.4. The van der Waals surface area contributed by atoms with Gasteiger partial charge in [0.2, 0.25) is 0 Å². The normalized spacial score (nSPS) is 16.6. The van der Waals surface area contributed by atoms with Crippen molar-refractivity contribution in [1.29, 1.82) is 0 Å². The van der Waals surface area contributed by atoms with Gasteiger partial charge >= 0.3 is 6.18 Å². The highest BCUT2D eigenvalue weighted by atomic mass is 35.5. The number of sulfonamides is 1. The van der Waals surface area contributed by atoms with Gasteiger partial charge in [-0.1, -0.05) is 17.7 Å². The number of halogens is 4. The third kappa shape index (κ3) is 6.50. The lowest BCUT2D eigenvalue weighted by Crippen LogP contribution is -2.35. The van der Waals surface area contributed by atoms with Gasteiger partial charge in [0.15, 0.2) is 6.61 Å². The van der Waals surface area contributed by atoms with Crippen molar-refractivity contribution < 1.29 is 35.9 Å². The molecule has 12 heteroatoms. The summed E-state index contributed by atoms with van der Waals surface area (Å²) in [7, 11) is -4.21. The van der Waals surface area contributed by atoms with Crippen LogP contribution in [-0.4, -0.2) is 40.2 Å². The first-order valence-corrected chi connectivity index (χ1v) is 11.4. The Morgan fingerprint density at radius 3 is 2.66 bits per heavy atom. The van der Waals surface area contributed by atoms with E-state index in [2.05, 4.69) is 10.0 Å². The monoisotopic (exact) mass is 492 g/mol. The van der Waals surface area contributed by atoms with Gasteiger partial charge in [-0.2, -0.15) is 13.2 Å². The molecule has 2 aromatic carbocycles. The van der Waals surface area contributed by atoms with Gasteiger partial charge in [-0.15, -0.1) is 0 Å². The first-order valence-electron chi connectivity index (χ1n) is 9.55. The predicted octanol–water partition coefficient (Wildman–Crippen LogP) is 3.83. The summed E-state index contributed by atoms with van der Waals surface area (Å²) in [5.74, 6) is -0.309. The molecule has 0 saturated carbocycles. The number of amides is 1. The standard InChI is InChI=1S/C20H20ClF3N2O5S/c21-17-10-16(32(28,29)26-14-4-1-3-13(9-14)20(22,23)24)6-7-18(17)31-12-19(27)25-11-15-5-2-8-30-15/h1,3-4,6-7,9-10,15,26H,2,5,8,11-12H2,(H,25,27)/t15-/m0/s1. The maximum Gasteiger partial charge on any atom is 0.416 e. The number of nitrogens with one attached hydrogen (secondary N) is 2. The molecule has 0 spiro atoms. The molecule has 2 N–H and O–H groups in total. The molecule has 7 nitrogen and oxygen atoms in total. The van der Waals surface area contributed by atoms with Crippen molar-refractivity contribution in [2.75, 3.05) is 24.5 Å². The van der Waals surface area contributed by atoms with Crippen LogP contribution in [0.25, 0.3) is 0 Å². The SMILES string of the molecule is O=C(COc1ccc(S(=O)(=O)Nc2cccc(C(F)(F)F)c2)cc1Cl)NC[C@@H]1CCCO1. The van der Waals surface area contributed by atoms with Crippen molar-refractivity contribution >= 4 is 33.2 Å². The van der Waals surface area contributed by atoms with Crippen molar-refractivity contribution in [2.24, 2.45) is 0 Å². The third-order valence-corrected chi connectivity index (χ3v) is 6.24. The fraction of sp³-hybridized carbons (Fsp3) is 0.350. The van der Waals surface area contributed by atoms with Crippen LogP contribution in [0.2, 0.25) is 5.02 Å². The molecule has 2 aromatic rings. The molecule has 1 aliphatic rings. The highest BCUT2D eigenvalue weighted by Crippen LogP contribution is 2.32. The van der Waals surface area contributed by atoms with Crippen LogP contribution >= 0.6 is 11.6 Å². The van der Waals surface area contributed by atoms with E-state index >= 15 is 0 Å². The Hall–Kier alpha value is -2.50. The van der Waals surface area contributed by atoms with Gasteiger partial charge < -0.3 is 14.8 Å². The maximum absolute atomic E-state index is 12.8. The smallest absolute Gasteiger partial charge is 0.416 e. The average Bonchev–Trinajstić information content (AvgIpc) is 3.24. The van der Waals surface area contributed by atoms with Gasteiger partial charge in [-0.25, -0.2) is 8.42 Å². The number of ether oxygens (including phenoxy) is 2. The summed E-state index contributed by atoms with van der Waals surface area (Å²) in [4.78, 5) is 11.6. The van der Waals surface area contributed by atoms with Crippen LogP contribution in [0.5, 0.6) is 5.75 Å². The second-order valence-electron chi connectivity index (χ2n) is 7.00. The summed E-state index contributed by atoms with van der Waals surface area (Å²) in [5.41, 5.74) is -1.24. The van der Waals surface area contributed by atoms with Crippen LogP contribution in [-0.2, 0) is 25.7 Å². The van der Waals surface area contributed by atoms with E-state index in [4.69, 9.17) is 21.1 Å². The average molecular weight is 493 g/mol. The number of hydrogen-bond donors (Lipinski definition) is 2. The number of anilines is 1. The molecule has 1 fully saturated rings. The van der Waals surface area contributed by atoms with Crippen molar-refractivity contribution in [3.8, 4) is 5.75 Å². The number of rotatable bonds is 8. The lowest BCUT2D eigenvalue weighted by atomic mass is 10.2. The molecule has 1 saturated heterocycles. The number of benzene rings is 2. The summed E-state index contributed by atoms with van der Waals surface area (Å²) in [6.45, 7) is 0.708. The third-order valence-electron chi connectivity index (χ3n) is 4.57. The number of alkyl halides is 3. The lowest BCUT2D eigenvalue weighted by Gasteiger charge is -2.13. The lowest BCUT2D eigenvalue weighted by molar-refractivity contribution is -0.137. The number of hydrogen-bond acceptors (Lipinski definition) is 5. The second-order valence-corrected chi connectivity index (χ2v) is 9.09. The van der Waals surface area contributed by atoms with Gasteiger partial charge in [0.05, 0.1) is 21.6 Å². The molecule has 1 amide bonds. The number of carbonyl (C=O) groups is 1. The van der Waals surface area contributed by atoms with E-state index in [1.165, 1.54) is 18.2 Å². The number of carbonyl (C=O) groups excluding carboxylic acids is 1. The minimum Gasteiger partial charge on any atom is -0.482 e. The van der Waals surface area contributed by atoms with E-state index in [0.29, 0.717) is 19.2 Å². The first-order chi connectivity index (χ1) is 15.0. The van der Waals surface area contributed by atoms with Gasteiger partial charge in [-0.05, 0) is 49.2 Å². The van der Waals surface area contributed by atoms with Gasteiger partial charge in [0.1, 0.15) is 5.75 Å². The Morgan fingerprint density at radius 1 is 1.22 bits per heavy atom. The van der Waals surface area contributed by atoms with Crippen molar-refractivity contribution in [1.82, 2.24) is 5.32 Å². The molecule has 1 atom stereocenters. The Kier molecular flexibility index (Phi) is 7.52. The van der Waals surface area contributed by atoms with E-state index in [1.54, 1.807) is 0 Å². The highest BCUT2D eigenvalue weighted by molar-refractivity contribution is 7.92. The summed E-state index contributed by atoms with van der Waals surface area (Å²) in [5, 5.41) is 2.59. The molecule has 0 radical (unpaired) electrons. The van der Waals surface area contributed by atoms with E-state index in [0.717, 1.165) is 31.0 Å². The van der Waals surface area contributed by atoms with Crippen molar-refractivity contribution in [3.05, 3.63) is 53.1 Å². The van der Waals surface area contributed by atoms with Crippen LogP contribution in [0.3, 0.4) is 0 Å². The quantitative estimate of drug-likeness (QED) is 0.584. The Balaban J connectivity index is 1.61. The predicted molar refractivity (Wildman–Crippen MR) is 111 cm³/mol. The van der Waals surface area contributed by atoms with Crippen molar-refractivity contribution in [3.63, 3.8) is 0 Å². The van der Waals surface area contributed by atoms with Gasteiger partial charge in [0.25, 0.3) is 15.9 Å². The topological polar surface area (TPSA) is 93.7 Å². The van der Waals surface area contributed by atoms with Crippen LogP contribution in [0.15, 0.2) is 47.4 Å². The summed E-state index contributed by atoms with van der Waals surface area (Å²) >= 11 is 6.07. The van der Waals surface area contributed by atoms with Gasteiger partial charge in [-0.3, -0.25) is 9.52 Å². The van der Waals surface area contributed by atoms with E-state index in [9.17, 15) is 26.4 Å². The molecule has 0 unspecified atom stereocenters. The van der Waals surface area contributed by atoms with Crippen molar-refractivity contribution in [2.45, 2.75) is 30.0 Å². The largest absolute Gasteiger partial charge is 0.482 e. The van der Waals surface area contributed by atoms with Crippen LogP contribution in [0.4, 0.5) is 18.9 Å². The van der Waals surface area contributed by atoms with Crippen LogP contribution in [0, 0.1) is 0 Å². The molecule has 0 aliphatic carbocycles. The molecule has 0 aromatic heterocycles. The minimum atomic E-state index is -4.61. The van der Waals surface area contributed by atoms with E-state index < -0.39 is 21.8 Å². The molecule has 3 rings (SSSR count). The fourth-order valence-electron chi connectivity index (χ4n) is 2.97. The molecule has 174 valence electrons. The zero-order valence-electron chi connectivity index (χ0n) is 16.6. The summed E-state index contributed by atoms with van der Waals surface area (Å²) < 4.78 is 76.4. The Morgan fingerprint density at radius 2 is 2.00 bits per heavy atom. The maximum atomic E-state index is 12.8. The fourth-order valence-corrected chi connectivity index (χ4v) is 4.34. The molecule has 1 heterocycles. The van der Waals surface area contributed by atoms with Crippen LogP contribution < -0.4 is 14.8 Å². The first kappa shape index (κ1) is 24.1. The molecule has 32 heavy (non-hydrogen) atoms.